The van der Waals surface area contributed by atoms with Crippen LogP contribution in [0.1, 0.15) is 25.5 Å². The molecule has 20 heavy (non-hydrogen) atoms. The van der Waals surface area contributed by atoms with Crippen LogP contribution in [0.2, 0.25) is 0 Å². The first kappa shape index (κ1) is 15.0. The molecule has 2 rings (SSSR count). The molecule has 1 saturated heterocycles. The summed E-state index contributed by atoms with van der Waals surface area (Å²) in [6.45, 7) is 6.54. The molecule has 6 heteroatoms. The van der Waals surface area contributed by atoms with Crippen LogP contribution in [0.25, 0.3) is 0 Å². The summed E-state index contributed by atoms with van der Waals surface area (Å²) >= 11 is 0. The maximum atomic E-state index is 10.6. The van der Waals surface area contributed by atoms with Crippen molar-refractivity contribution in [1.29, 1.82) is 0 Å². The molecule has 0 unspecified atom stereocenters. The first-order valence-electron chi connectivity index (χ1n) is 7.13. The number of rotatable bonds is 5. The van der Waals surface area contributed by atoms with Crippen LogP contribution >= 0.6 is 0 Å². The first-order chi connectivity index (χ1) is 9.52. The molecule has 1 aromatic rings. The molecule has 2 N–H and O–H groups in total. The Morgan fingerprint density at radius 1 is 1.40 bits per heavy atom. The Balaban J connectivity index is 2.09. The molecule has 0 amide bonds. The van der Waals surface area contributed by atoms with E-state index < -0.39 is 5.60 Å². The molecule has 0 bridgehead atoms. The number of aryl methyl sites for hydroxylation is 1. The van der Waals surface area contributed by atoms with Crippen LogP contribution in [0.3, 0.4) is 0 Å². The van der Waals surface area contributed by atoms with Gasteiger partial charge in [0.05, 0.1) is 5.60 Å². The van der Waals surface area contributed by atoms with Gasteiger partial charge < -0.3 is 20.1 Å². The molecule has 0 spiro atoms. The summed E-state index contributed by atoms with van der Waals surface area (Å²) in [7, 11) is 1.95. The third-order valence-electron chi connectivity index (χ3n) is 3.52. The summed E-state index contributed by atoms with van der Waals surface area (Å²) in [6.07, 6.45) is 1.34. The summed E-state index contributed by atoms with van der Waals surface area (Å²) in [4.78, 5) is 10.8. The number of hydrogen-bond acceptors (Lipinski definition) is 6. The smallest absolute Gasteiger partial charge is 0.224 e. The summed E-state index contributed by atoms with van der Waals surface area (Å²) in [5.74, 6) is 1.46. The monoisotopic (exact) mass is 280 g/mol. The second kappa shape index (κ2) is 6.37. The summed E-state index contributed by atoms with van der Waals surface area (Å²) in [6, 6.07) is 1.93. The van der Waals surface area contributed by atoms with Crippen molar-refractivity contribution in [3.8, 4) is 0 Å². The maximum absolute atomic E-state index is 10.6. The lowest BCUT2D eigenvalue weighted by Gasteiger charge is -2.35. The van der Waals surface area contributed by atoms with E-state index in [9.17, 15) is 5.11 Å². The average Bonchev–Trinajstić information content (AvgIpc) is 2.38. The number of nitrogens with one attached hydrogen (secondary N) is 1. The number of aromatic nitrogens is 2. The minimum atomic E-state index is -0.690. The van der Waals surface area contributed by atoms with Gasteiger partial charge in [0.1, 0.15) is 5.82 Å². The van der Waals surface area contributed by atoms with Crippen molar-refractivity contribution in [2.75, 3.05) is 43.6 Å². The fourth-order valence-corrected chi connectivity index (χ4v) is 2.42. The van der Waals surface area contributed by atoms with E-state index in [1.54, 1.807) is 0 Å². The Morgan fingerprint density at radius 2 is 2.10 bits per heavy atom. The van der Waals surface area contributed by atoms with Crippen LogP contribution < -0.4 is 10.2 Å². The molecule has 0 radical (unpaired) electrons. The highest BCUT2D eigenvalue weighted by Crippen LogP contribution is 2.23. The lowest BCUT2D eigenvalue weighted by atomic mass is 9.94. The normalized spacial score (nSPS) is 17.8. The maximum Gasteiger partial charge on any atom is 0.224 e. The number of hydrogen-bond donors (Lipinski definition) is 2. The molecule has 1 fully saturated rings. The van der Waals surface area contributed by atoms with Crippen molar-refractivity contribution < 1.29 is 9.84 Å². The van der Waals surface area contributed by atoms with Crippen LogP contribution in [0, 0.1) is 6.92 Å². The van der Waals surface area contributed by atoms with Crippen molar-refractivity contribution >= 4 is 11.8 Å². The van der Waals surface area contributed by atoms with E-state index in [0.717, 1.165) is 18.1 Å². The van der Waals surface area contributed by atoms with Gasteiger partial charge in [-0.05, 0) is 13.8 Å². The Kier molecular flexibility index (Phi) is 4.77. The Morgan fingerprint density at radius 3 is 2.75 bits per heavy atom. The zero-order chi connectivity index (χ0) is 14.6. The third kappa shape index (κ3) is 3.80. The second-order valence-corrected chi connectivity index (χ2v) is 5.41. The van der Waals surface area contributed by atoms with Crippen molar-refractivity contribution in [2.45, 2.75) is 32.3 Å². The highest BCUT2D eigenvalue weighted by atomic mass is 16.5. The number of nitrogens with zero attached hydrogens (tertiary/aromatic N) is 3. The van der Waals surface area contributed by atoms with Gasteiger partial charge in [0.2, 0.25) is 5.95 Å². The van der Waals surface area contributed by atoms with Crippen LogP contribution in [-0.4, -0.2) is 54.0 Å². The van der Waals surface area contributed by atoms with Gasteiger partial charge in [0.25, 0.3) is 0 Å². The fourth-order valence-electron chi connectivity index (χ4n) is 2.42. The Bertz CT molecular complexity index is 447. The number of aliphatic hydroxyl groups is 1. The molecule has 1 aliphatic heterocycles. The van der Waals surface area contributed by atoms with E-state index in [2.05, 4.69) is 15.3 Å². The lowest BCUT2D eigenvalue weighted by Crippen LogP contribution is -2.46. The van der Waals surface area contributed by atoms with Gasteiger partial charge in [-0.1, -0.05) is 0 Å². The summed E-state index contributed by atoms with van der Waals surface area (Å²) < 4.78 is 5.31. The largest absolute Gasteiger partial charge is 0.388 e. The van der Waals surface area contributed by atoms with E-state index in [1.807, 2.05) is 31.9 Å². The van der Waals surface area contributed by atoms with Gasteiger partial charge in [0, 0.05) is 58.0 Å². The highest BCUT2D eigenvalue weighted by molar-refractivity contribution is 5.44. The van der Waals surface area contributed by atoms with E-state index in [-0.39, 0.29) is 0 Å². The van der Waals surface area contributed by atoms with Gasteiger partial charge >= 0.3 is 0 Å². The number of likely N-dealkylation sites (N-methyl/N-ethyl adjacent to an activating group) is 1. The third-order valence-corrected chi connectivity index (χ3v) is 3.52. The molecule has 6 nitrogen and oxygen atoms in total. The molecule has 1 aromatic heterocycles. The SMILES string of the molecule is CCNc1nc(C)cc(N(C)CC2(O)CCOCC2)n1. The van der Waals surface area contributed by atoms with Crippen molar-refractivity contribution in [1.82, 2.24) is 9.97 Å². The lowest BCUT2D eigenvalue weighted by molar-refractivity contribution is -0.0573. The molecule has 0 aromatic carbocycles. The molecule has 112 valence electrons. The van der Waals surface area contributed by atoms with Gasteiger partial charge in [-0.15, -0.1) is 0 Å². The van der Waals surface area contributed by atoms with E-state index in [0.29, 0.717) is 38.5 Å². The predicted molar refractivity (Wildman–Crippen MR) is 79.2 cm³/mol. The van der Waals surface area contributed by atoms with Crippen molar-refractivity contribution in [2.24, 2.45) is 0 Å². The molecule has 1 aliphatic rings. The van der Waals surface area contributed by atoms with Gasteiger partial charge in [-0.2, -0.15) is 4.98 Å². The van der Waals surface area contributed by atoms with Crippen LogP contribution in [0.15, 0.2) is 6.07 Å². The molecule has 0 saturated carbocycles. The standard InChI is InChI=1S/C14H24N4O2/c1-4-15-13-16-11(2)9-12(17-13)18(3)10-14(19)5-7-20-8-6-14/h9,19H,4-8,10H2,1-3H3,(H,15,16,17). The van der Waals surface area contributed by atoms with Gasteiger partial charge in [-0.25, -0.2) is 4.98 Å². The Hall–Kier alpha value is -1.40. The van der Waals surface area contributed by atoms with Crippen LogP contribution in [-0.2, 0) is 4.74 Å². The number of ether oxygens (including phenoxy) is 1. The Labute approximate surface area is 120 Å². The second-order valence-electron chi connectivity index (χ2n) is 5.41. The van der Waals surface area contributed by atoms with Gasteiger partial charge in [-0.3, -0.25) is 0 Å². The molecular weight excluding hydrogens is 256 g/mol. The van der Waals surface area contributed by atoms with E-state index >= 15 is 0 Å². The molecule has 0 aliphatic carbocycles. The number of anilines is 2. The zero-order valence-electron chi connectivity index (χ0n) is 12.5. The molecule has 2 heterocycles. The van der Waals surface area contributed by atoms with E-state index in [1.165, 1.54) is 0 Å². The van der Waals surface area contributed by atoms with Crippen molar-refractivity contribution in [3.63, 3.8) is 0 Å². The fraction of sp³-hybridized carbons (Fsp3) is 0.714. The predicted octanol–water partition coefficient (Wildman–Crippen LogP) is 1.19. The quantitative estimate of drug-likeness (QED) is 0.844. The summed E-state index contributed by atoms with van der Waals surface area (Å²) in [5.41, 5.74) is 0.223. The molecular formula is C14H24N4O2. The highest BCUT2D eigenvalue weighted by Gasteiger charge is 2.31. The van der Waals surface area contributed by atoms with Crippen molar-refractivity contribution in [3.05, 3.63) is 11.8 Å². The first-order valence-corrected chi connectivity index (χ1v) is 7.13. The van der Waals surface area contributed by atoms with Gasteiger partial charge in [0.15, 0.2) is 0 Å². The minimum Gasteiger partial charge on any atom is -0.388 e. The zero-order valence-corrected chi connectivity index (χ0v) is 12.5. The average molecular weight is 280 g/mol. The van der Waals surface area contributed by atoms with Crippen LogP contribution in [0.5, 0.6) is 0 Å². The van der Waals surface area contributed by atoms with E-state index in [4.69, 9.17) is 4.74 Å². The minimum absolute atomic E-state index is 0.554. The summed E-state index contributed by atoms with van der Waals surface area (Å²) in [5, 5.41) is 13.7. The molecule has 0 atom stereocenters. The van der Waals surface area contributed by atoms with Crippen LogP contribution in [0.4, 0.5) is 11.8 Å². The topological polar surface area (TPSA) is 70.5 Å².